The summed E-state index contributed by atoms with van der Waals surface area (Å²) in [7, 11) is 0. The third-order valence-corrected chi connectivity index (χ3v) is 6.27. The van der Waals surface area contributed by atoms with Crippen molar-refractivity contribution in [3.8, 4) is 11.1 Å². The minimum Gasteiger partial charge on any atom is -0.300 e. The van der Waals surface area contributed by atoms with Crippen LogP contribution in [0.2, 0.25) is 0 Å². The molecule has 32 heavy (non-hydrogen) atoms. The third kappa shape index (κ3) is 6.33. The predicted molar refractivity (Wildman–Crippen MR) is 117 cm³/mol. The lowest BCUT2D eigenvalue weighted by Crippen LogP contribution is -2.43. The summed E-state index contributed by atoms with van der Waals surface area (Å²) in [6.45, 7) is 5.93. The first kappa shape index (κ1) is 24.3. The maximum atomic E-state index is 14.6. The van der Waals surface area contributed by atoms with Crippen LogP contribution in [0.3, 0.4) is 0 Å². The van der Waals surface area contributed by atoms with E-state index in [1.165, 1.54) is 36.4 Å². The van der Waals surface area contributed by atoms with Gasteiger partial charge in [-0.3, -0.25) is 4.89 Å². The van der Waals surface area contributed by atoms with Crippen LogP contribution >= 0.6 is 0 Å². The Morgan fingerprint density at radius 1 is 1.06 bits per heavy atom. The van der Waals surface area contributed by atoms with Gasteiger partial charge in [-0.05, 0) is 80.1 Å². The molecular formula is C25H30F3NO3. The molecule has 0 spiro atoms. The van der Waals surface area contributed by atoms with Gasteiger partial charge in [0.15, 0.2) is 0 Å². The minimum absolute atomic E-state index is 0.191. The lowest BCUT2D eigenvalue weighted by molar-refractivity contribution is -0.250. The van der Waals surface area contributed by atoms with Gasteiger partial charge in [0.2, 0.25) is 0 Å². The van der Waals surface area contributed by atoms with Crippen LogP contribution < -0.4 is 0 Å². The molecule has 1 saturated heterocycles. The second-order valence-electron chi connectivity index (χ2n) is 8.44. The summed E-state index contributed by atoms with van der Waals surface area (Å²) in [6, 6.07) is 9.77. The summed E-state index contributed by atoms with van der Waals surface area (Å²) in [5.74, 6) is -1.92. The predicted octanol–water partition coefficient (Wildman–Crippen LogP) is 5.96. The molecule has 0 aliphatic carbocycles. The summed E-state index contributed by atoms with van der Waals surface area (Å²) >= 11 is 0. The lowest BCUT2D eigenvalue weighted by atomic mass is 9.94. The summed E-state index contributed by atoms with van der Waals surface area (Å²) in [5, 5.41) is 0. The quantitative estimate of drug-likeness (QED) is 0.350. The van der Waals surface area contributed by atoms with E-state index in [4.69, 9.17) is 9.78 Å². The number of benzene rings is 2. The molecule has 1 aliphatic rings. The largest absolute Gasteiger partial charge is 0.376 e. The Labute approximate surface area is 187 Å². The molecule has 174 valence electrons. The second kappa shape index (κ2) is 11.0. The number of piperidine rings is 1. The number of halogens is 3. The van der Waals surface area contributed by atoms with E-state index in [-0.39, 0.29) is 18.1 Å². The Kier molecular flexibility index (Phi) is 8.32. The van der Waals surface area contributed by atoms with Crippen molar-refractivity contribution in [2.45, 2.75) is 45.2 Å². The maximum absolute atomic E-state index is 14.6. The summed E-state index contributed by atoms with van der Waals surface area (Å²) < 4.78 is 42.4. The highest BCUT2D eigenvalue weighted by Gasteiger charge is 2.30. The van der Waals surface area contributed by atoms with Crippen molar-refractivity contribution < 1.29 is 27.7 Å². The van der Waals surface area contributed by atoms with Crippen molar-refractivity contribution in [1.29, 1.82) is 0 Å². The molecule has 1 fully saturated rings. The van der Waals surface area contributed by atoms with Crippen LogP contribution in [0.15, 0.2) is 42.5 Å². The smallest absolute Gasteiger partial charge is 0.300 e. The van der Waals surface area contributed by atoms with E-state index in [1.54, 1.807) is 6.07 Å². The minimum atomic E-state index is -1.15. The Balaban J connectivity index is 1.45. The van der Waals surface area contributed by atoms with E-state index in [0.29, 0.717) is 30.5 Å². The van der Waals surface area contributed by atoms with E-state index in [0.717, 1.165) is 25.9 Å². The highest BCUT2D eigenvalue weighted by molar-refractivity contribution is 5.90. The van der Waals surface area contributed by atoms with Crippen LogP contribution in [0.25, 0.3) is 11.1 Å². The normalized spacial score (nSPS) is 15.7. The fourth-order valence-corrected chi connectivity index (χ4v) is 3.94. The number of rotatable bonds is 9. The van der Waals surface area contributed by atoms with Gasteiger partial charge in [-0.2, -0.15) is 4.89 Å². The van der Waals surface area contributed by atoms with Gasteiger partial charge in [0.05, 0.1) is 12.2 Å². The molecule has 0 atom stereocenters. The van der Waals surface area contributed by atoms with Crippen molar-refractivity contribution in [3.05, 3.63) is 59.7 Å². The van der Waals surface area contributed by atoms with Crippen molar-refractivity contribution in [3.63, 3.8) is 0 Å². The fraction of sp³-hybridized carbons (Fsp3) is 0.480. The molecule has 0 bridgehead atoms. The highest BCUT2D eigenvalue weighted by Crippen LogP contribution is 2.26. The molecule has 7 heteroatoms. The number of hydrogen-bond donors (Lipinski definition) is 0. The number of carbonyl (C=O) groups excluding carboxylic acids is 1. The molecule has 2 aromatic carbocycles. The Bertz CT molecular complexity index is 909. The number of carbonyl (C=O) groups is 1. The number of hydrogen-bond acceptors (Lipinski definition) is 4. The van der Waals surface area contributed by atoms with Crippen LogP contribution in [0.4, 0.5) is 13.2 Å². The number of likely N-dealkylation sites (tertiary alicyclic amines) is 1. The monoisotopic (exact) mass is 449 g/mol. The van der Waals surface area contributed by atoms with Crippen LogP contribution in [0.5, 0.6) is 0 Å². The molecule has 3 rings (SSSR count). The Morgan fingerprint density at radius 3 is 2.38 bits per heavy atom. The first-order chi connectivity index (χ1) is 15.3. The van der Waals surface area contributed by atoms with E-state index >= 15 is 0 Å². The molecule has 0 radical (unpaired) electrons. The molecule has 0 aromatic heterocycles. The van der Waals surface area contributed by atoms with Gasteiger partial charge in [-0.25, -0.2) is 18.0 Å². The van der Waals surface area contributed by atoms with E-state index in [2.05, 4.69) is 4.90 Å². The topological polar surface area (TPSA) is 38.8 Å². The average molecular weight is 450 g/mol. The van der Waals surface area contributed by atoms with Crippen LogP contribution in [-0.2, 0) is 9.78 Å². The van der Waals surface area contributed by atoms with Crippen LogP contribution in [0.1, 0.15) is 49.9 Å². The van der Waals surface area contributed by atoms with Crippen molar-refractivity contribution in [1.82, 2.24) is 4.90 Å². The third-order valence-electron chi connectivity index (χ3n) is 6.27. The lowest BCUT2D eigenvalue weighted by Gasteiger charge is -2.36. The maximum Gasteiger partial charge on any atom is 0.376 e. The standard InChI is InChI=1S/C25H30F3NO3/c1-3-25(28,4-2)17-29-12-10-18(11-13-29)16-31-32-24(30)22-9-8-20(15-23(22)27)19-6-5-7-21(26)14-19/h5-9,14-15,18H,3-4,10-13,16-17H2,1-2H3. The Morgan fingerprint density at radius 2 is 1.75 bits per heavy atom. The summed E-state index contributed by atoms with van der Waals surface area (Å²) in [6.07, 6.45) is 2.64. The molecule has 0 saturated carbocycles. The molecular weight excluding hydrogens is 419 g/mol. The second-order valence-corrected chi connectivity index (χ2v) is 8.44. The SMILES string of the molecule is CCC(F)(CC)CN1CCC(COOC(=O)c2ccc(-c3cccc(F)c3)cc2F)CC1. The van der Waals surface area contributed by atoms with Gasteiger partial charge < -0.3 is 4.90 Å². The van der Waals surface area contributed by atoms with E-state index in [9.17, 15) is 18.0 Å². The van der Waals surface area contributed by atoms with Gasteiger partial charge in [0.1, 0.15) is 17.3 Å². The first-order valence-corrected chi connectivity index (χ1v) is 11.1. The fourth-order valence-electron chi connectivity index (χ4n) is 3.94. The zero-order chi connectivity index (χ0) is 23.1. The molecule has 0 N–H and O–H groups in total. The van der Waals surface area contributed by atoms with Gasteiger partial charge in [-0.1, -0.05) is 32.0 Å². The molecule has 4 nitrogen and oxygen atoms in total. The summed E-state index contributed by atoms with van der Waals surface area (Å²) in [4.78, 5) is 24.2. The number of alkyl halides is 1. The van der Waals surface area contributed by atoms with Crippen LogP contribution in [0, 0.1) is 17.6 Å². The van der Waals surface area contributed by atoms with Gasteiger partial charge >= 0.3 is 5.97 Å². The summed E-state index contributed by atoms with van der Waals surface area (Å²) in [5.41, 5.74) is -0.435. The molecule has 2 aromatic rings. The molecule has 1 heterocycles. The van der Waals surface area contributed by atoms with Gasteiger partial charge in [-0.15, -0.1) is 0 Å². The van der Waals surface area contributed by atoms with Crippen LogP contribution in [-0.4, -0.2) is 42.8 Å². The van der Waals surface area contributed by atoms with E-state index in [1.807, 2.05) is 13.8 Å². The van der Waals surface area contributed by atoms with Crippen molar-refractivity contribution in [2.24, 2.45) is 5.92 Å². The number of nitrogens with zero attached hydrogens (tertiary/aromatic N) is 1. The zero-order valence-electron chi connectivity index (χ0n) is 18.6. The zero-order valence-corrected chi connectivity index (χ0v) is 18.6. The highest BCUT2D eigenvalue weighted by atomic mass is 19.1. The van der Waals surface area contributed by atoms with Crippen molar-refractivity contribution >= 4 is 5.97 Å². The van der Waals surface area contributed by atoms with Gasteiger partial charge in [0, 0.05) is 6.54 Å². The molecule has 1 aliphatic heterocycles. The molecule has 0 amide bonds. The Hall–Kier alpha value is -2.38. The van der Waals surface area contributed by atoms with Gasteiger partial charge in [0.25, 0.3) is 0 Å². The van der Waals surface area contributed by atoms with E-state index < -0.39 is 23.3 Å². The molecule has 0 unspecified atom stereocenters. The first-order valence-electron chi connectivity index (χ1n) is 11.1. The average Bonchev–Trinajstić information content (AvgIpc) is 2.80. The van der Waals surface area contributed by atoms with Crippen molar-refractivity contribution in [2.75, 3.05) is 26.2 Å².